The third kappa shape index (κ3) is 1.20. The summed E-state index contributed by atoms with van der Waals surface area (Å²) >= 11 is 7.81. The third-order valence-corrected chi connectivity index (χ3v) is 6.57. The number of nitrogens with two attached hydrogens (primary N) is 1. The predicted octanol–water partition coefficient (Wildman–Crippen LogP) is 0.326. The van der Waals surface area contributed by atoms with Crippen molar-refractivity contribution in [1.82, 2.24) is 0 Å². The summed E-state index contributed by atoms with van der Waals surface area (Å²) in [5.41, 5.74) is 4.75. The van der Waals surface area contributed by atoms with Crippen molar-refractivity contribution in [3.8, 4) is 12.1 Å². The van der Waals surface area contributed by atoms with E-state index in [0.29, 0.717) is 17.5 Å². The summed E-state index contributed by atoms with van der Waals surface area (Å²) in [6.45, 7) is 0.519. The van der Waals surface area contributed by atoms with Crippen LogP contribution in [0.15, 0.2) is 24.3 Å². The molecule has 2 fully saturated rings. The Labute approximate surface area is 136 Å². The van der Waals surface area contributed by atoms with Gasteiger partial charge in [-0.15, -0.1) is 0 Å². The lowest BCUT2D eigenvalue weighted by atomic mass is 9.95. The highest BCUT2D eigenvalue weighted by Crippen LogP contribution is 2.81. The van der Waals surface area contributed by atoms with Gasteiger partial charge in [0.25, 0.3) is 10.9 Å². The number of nitrogens with zero attached hydrogens (tertiary/aromatic N) is 2. The van der Waals surface area contributed by atoms with Crippen LogP contribution < -0.4 is 10.7 Å². The smallest absolute Gasteiger partial charge is 0.277 e. The fraction of sp³-hybridized carbons (Fsp3) is 0.400. The van der Waals surface area contributed by atoms with Crippen molar-refractivity contribution in [2.75, 3.05) is 12.4 Å². The highest BCUT2D eigenvalue weighted by atomic mass is 35.5. The Kier molecular flexibility index (Phi) is 2.64. The lowest BCUT2D eigenvalue weighted by Crippen LogP contribution is -2.88. The van der Waals surface area contributed by atoms with Crippen LogP contribution in [-0.4, -0.2) is 23.3 Å². The Bertz CT molecular complexity index is 791. The van der Waals surface area contributed by atoms with Gasteiger partial charge in [-0.1, -0.05) is 41.6 Å². The van der Waals surface area contributed by atoms with Crippen molar-refractivity contribution < 1.29 is 9.73 Å². The Morgan fingerprint density at radius 3 is 2.73 bits per heavy atom. The van der Waals surface area contributed by atoms with E-state index in [4.69, 9.17) is 22.1 Å². The van der Waals surface area contributed by atoms with Gasteiger partial charge in [-0.3, -0.25) is 5.73 Å². The molecule has 1 saturated carbocycles. The second kappa shape index (κ2) is 4.17. The summed E-state index contributed by atoms with van der Waals surface area (Å²) in [6.07, 6.45) is 0. The Hall–Kier alpha value is -1.73. The quantitative estimate of drug-likeness (QED) is 0.772. The lowest BCUT2D eigenvalue weighted by Gasteiger charge is -2.23. The highest BCUT2D eigenvalue weighted by Gasteiger charge is 2.96. The number of fused-ring (bicyclic) bond motifs is 2. The van der Waals surface area contributed by atoms with Crippen LogP contribution >= 0.6 is 23.4 Å². The van der Waals surface area contributed by atoms with Crippen LogP contribution in [0.2, 0.25) is 5.02 Å². The molecule has 2 aliphatic heterocycles. The Morgan fingerprint density at radius 2 is 2.14 bits per heavy atom. The van der Waals surface area contributed by atoms with Crippen LogP contribution in [0.4, 0.5) is 0 Å². The molecule has 110 valence electrons. The zero-order valence-electron chi connectivity index (χ0n) is 11.5. The SMILES string of the molecule is N#C[C@@]12[C@@H](c3ccccc3Cl)[C@]1(C#N)C(N)=[NH+][C@@]21OCCS1. The van der Waals surface area contributed by atoms with Crippen LogP contribution in [0, 0.1) is 33.5 Å². The standard InChI is InChI=1S/C15H11ClN4OS/c16-10-4-2-1-3-9(10)11-13(7-17)12(19)20-15(14(11,13)8-18)21-5-6-22-15/h1-4,11H,5-6H2,(H2,19,20)/p+1/t11-,13+,14+,15+/m0/s1. The second-order valence-corrected chi connectivity index (χ2v) is 7.33. The van der Waals surface area contributed by atoms with Crippen molar-refractivity contribution in [2.45, 2.75) is 11.0 Å². The molecule has 3 aliphatic rings. The van der Waals surface area contributed by atoms with Crippen LogP contribution in [0.3, 0.4) is 0 Å². The molecule has 7 heteroatoms. The molecule has 0 unspecified atom stereocenters. The van der Waals surface area contributed by atoms with Crippen molar-refractivity contribution in [3.63, 3.8) is 0 Å². The molecule has 1 spiro atoms. The van der Waals surface area contributed by atoms with Crippen LogP contribution in [0.5, 0.6) is 0 Å². The maximum Gasteiger partial charge on any atom is 0.277 e. The number of thioether (sulfide) groups is 1. The minimum absolute atomic E-state index is 0.302. The molecule has 0 amide bonds. The van der Waals surface area contributed by atoms with Gasteiger partial charge >= 0.3 is 0 Å². The Morgan fingerprint density at radius 1 is 1.36 bits per heavy atom. The average molecular weight is 332 g/mol. The predicted molar refractivity (Wildman–Crippen MR) is 81.6 cm³/mol. The third-order valence-electron chi connectivity index (χ3n) is 4.91. The fourth-order valence-corrected chi connectivity index (χ4v) is 5.59. The number of nitrogens with one attached hydrogen (secondary N) is 1. The van der Waals surface area contributed by atoms with Gasteiger partial charge in [0.15, 0.2) is 10.8 Å². The number of nitriles is 2. The van der Waals surface area contributed by atoms with E-state index in [9.17, 15) is 10.5 Å². The van der Waals surface area contributed by atoms with E-state index in [-0.39, 0.29) is 0 Å². The van der Waals surface area contributed by atoms with E-state index in [1.807, 2.05) is 18.2 Å². The topological polar surface area (TPSA) is 96.8 Å². The van der Waals surface area contributed by atoms with E-state index in [0.717, 1.165) is 11.3 Å². The van der Waals surface area contributed by atoms with Crippen LogP contribution in [-0.2, 0) is 4.74 Å². The largest absolute Gasteiger partial charge is 0.327 e. The second-order valence-electron chi connectivity index (χ2n) is 5.65. The fourth-order valence-electron chi connectivity index (χ4n) is 3.99. The first kappa shape index (κ1) is 13.9. The summed E-state index contributed by atoms with van der Waals surface area (Å²) in [7, 11) is 0. The molecular weight excluding hydrogens is 320 g/mol. The summed E-state index contributed by atoms with van der Waals surface area (Å²) in [5, 5.41) is 19.4. The van der Waals surface area contributed by atoms with Crippen molar-refractivity contribution in [1.29, 1.82) is 10.5 Å². The van der Waals surface area contributed by atoms with Gasteiger partial charge in [-0.05, 0) is 11.6 Å². The molecule has 3 N–H and O–H groups in total. The van der Waals surface area contributed by atoms with E-state index in [1.54, 1.807) is 6.07 Å². The highest BCUT2D eigenvalue weighted by molar-refractivity contribution is 8.00. The summed E-state index contributed by atoms with van der Waals surface area (Å²) in [4.78, 5) is 3.08. The Balaban J connectivity index is 1.97. The van der Waals surface area contributed by atoms with E-state index in [2.05, 4.69) is 17.1 Å². The average Bonchev–Trinajstić information content (AvgIpc) is 2.76. The number of halogens is 1. The van der Waals surface area contributed by atoms with Crippen molar-refractivity contribution in [2.24, 2.45) is 16.6 Å². The van der Waals surface area contributed by atoms with Gasteiger partial charge in [0, 0.05) is 16.7 Å². The molecule has 2 heterocycles. The number of amidine groups is 1. The first-order chi connectivity index (χ1) is 10.6. The van der Waals surface area contributed by atoms with Gasteiger partial charge < -0.3 is 4.74 Å². The maximum absolute atomic E-state index is 9.98. The minimum Gasteiger partial charge on any atom is -0.327 e. The number of benzene rings is 1. The molecule has 1 aliphatic carbocycles. The van der Waals surface area contributed by atoms with E-state index < -0.39 is 21.8 Å². The van der Waals surface area contributed by atoms with Crippen LogP contribution in [0.25, 0.3) is 0 Å². The van der Waals surface area contributed by atoms with Crippen molar-refractivity contribution >= 4 is 29.2 Å². The van der Waals surface area contributed by atoms with Gasteiger partial charge in [0.1, 0.15) is 0 Å². The summed E-state index contributed by atoms with van der Waals surface area (Å²) in [6, 6.07) is 11.9. The molecule has 1 aromatic carbocycles. The van der Waals surface area contributed by atoms with E-state index >= 15 is 0 Å². The number of hydrogen-bond donors (Lipinski definition) is 2. The maximum atomic E-state index is 9.98. The summed E-state index contributed by atoms with van der Waals surface area (Å²) in [5.74, 6) is 0.659. The first-order valence-corrected chi connectivity index (χ1v) is 8.22. The van der Waals surface area contributed by atoms with Crippen molar-refractivity contribution in [3.05, 3.63) is 34.9 Å². The lowest BCUT2D eigenvalue weighted by molar-refractivity contribution is -0.583. The van der Waals surface area contributed by atoms with Gasteiger partial charge in [0.2, 0.25) is 0 Å². The molecule has 4 rings (SSSR count). The first-order valence-electron chi connectivity index (χ1n) is 6.85. The molecule has 0 aromatic heterocycles. The van der Waals surface area contributed by atoms with E-state index in [1.165, 1.54) is 11.8 Å². The monoisotopic (exact) mass is 331 g/mol. The van der Waals surface area contributed by atoms with Gasteiger partial charge in [-0.25, -0.2) is 4.99 Å². The zero-order chi connectivity index (χ0) is 15.6. The molecular formula is C15H12ClN4OS+. The molecule has 5 nitrogen and oxygen atoms in total. The normalized spacial score (nSPS) is 41.6. The minimum atomic E-state index is -1.11. The molecule has 0 radical (unpaired) electrons. The molecule has 1 aromatic rings. The zero-order valence-corrected chi connectivity index (χ0v) is 13.0. The molecule has 1 saturated heterocycles. The number of hydrogen-bond acceptors (Lipinski definition) is 5. The number of rotatable bonds is 1. The molecule has 4 atom stereocenters. The van der Waals surface area contributed by atoms with Gasteiger partial charge in [-0.2, -0.15) is 10.5 Å². The van der Waals surface area contributed by atoms with Gasteiger partial charge in [0.05, 0.1) is 18.7 Å². The molecule has 0 bridgehead atoms. The summed E-state index contributed by atoms with van der Waals surface area (Å²) < 4.78 is 5.87. The van der Waals surface area contributed by atoms with Crippen LogP contribution in [0.1, 0.15) is 11.5 Å². The molecule has 22 heavy (non-hydrogen) atoms. The number of ether oxygens (including phenoxy) is 1.